The van der Waals surface area contributed by atoms with Crippen molar-refractivity contribution in [3.63, 3.8) is 0 Å². The van der Waals surface area contributed by atoms with Gasteiger partial charge in [-0.15, -0.1) is 0 Å². The summed E-state index contributed by atoms with van der Waals surface area (Å²) < 4.78 is 5.67. The van der Waals surface area contributed by atoms with Crippen LogP contribution >= 0.6 is 0 Å². The molecule has 21 heavy (non-hydrogen) atoms. The van der Waals surface area contributed by atoms with Gasteiger partial charge in [-0.25, -0.2) is 0 Å². The second kappa shape index (κ2) is 10.8. The molecular formula is C19H33NO. The molecule has 0 radical (unpaired) electrons. The number of rotatable bonds is 11. The first-order valence-corrected chi connectivity index (χ1v) is 8.45. The number of nitrogens with one attached hydrogen (secondary N) is 1. The van der Waals surface area contributed by atoms with Gasteiger partial charge in [0, 0.05) is 13.2 Å². The minimum absolute atomic E-state index is 0.656. The van der Waals surface area contributed by atoms with E-state index in [1.165, 1.54) is 11.1 Å². The van der Waals surface area contributed by atoms with E-state index in [4.69, 9.17) is 4.74 Å². The Morgan fingerprint density at radius 3 is 2.38 bits per heavy atom. The molecule has 0 fully saturated rings. The van der Waals surface area contributed by atoms with Crippen LogP contribution in [0.25, 0.3) is 0 Å². The van der Waals surface area contributed by atoms with E-state index in [9.17, 15) is 0 Å². The quantitative estimate of drug-likeness (QED) is 0.616. The largest absolute Gasteiger partial charge is 0.381 e. The Morgan fingerprint density at radius 1 is 1.05 bits per heavy atom. The van der Waals surface area contributed by atoms with Gasteiger partial charge >= 0.3 is 0 Å². The Kier molecular flexibility index (Phi) is 9.36. The molecule has 2 nitrogen and oxygen atoms in total. The van der Waals surface area contributed by atoms with Gasteiger partial charge in [-0.1, -0.05) is 50.6 Å². The van der Waals surface area contributed by atoms with Crippen LogP contribution in [0.15, 0.2) is 24.3 Å². The first-order valence-electron chi connectivity index (χ1n) is 8.45. The van der Waals surface area contributed by atoms with Gasteiger partial charge in [0.05, 0.1) is 0 Å². The van der Waals surface area contributed by atoms with Crippen LogP contribution in [0.1, 0.15) is 44.7 Å². The van der Waals surface area contributed by atoms with Gasteiger partial charge in [0.1, 0.15) is 0 Å². The lowest BCUT2D eigenvalue weighted by Crippen LogP contribution is -2.28. The van der Waals surface area contributed by atoms with Crippen LogP contribution < -0.4 is 5.32 Å². The van der Waals surface area contributed by atoms with Crippen molar-refractivity contribution in [3.8, 4) is 0 Å². The van der Waals surface area contributed by atoms with Crippen LogP contribution in [0.4, 0.5) is 0 Å². The molecule has 0 bridgehead atoms. The molecule has 0 aliphatic heterocycles. The Bertz CT molecular complexity index is 358. The first kappa shape index (κ1) is 18.2. The van der Waals surface area contributed by atoms with Gasteiger partial charge in [0.2, 0.25) is 0 Å². The fraction of sp³-hybridized carbons (Fsp3) is 0.684. The molecule has 1 rings (SSSR count). The maximum atomic E-state index is 5.67. The summed E-state index contributed by atoms with van der Waals surface area (Å²) in [5.41, 5.74) is 2.77. The fourth-order valence-electron chi connectivity index (χ4n) is 2.41. The third kappa shape index (κ3) is 8.90. The van der Waals surface area contributed by atoms with Crippen molar-refractivity contribution in [3.05, 3.63) is 35.4 Å². The van der Waals surface area contributed by atoms with Crippen LogP contribution in [-0.2, 0) is 11.2 Å². The normalized spacial score (nSPS) is 12.8. The topological polar surface area (TPSA) is 21.3 Å². The summed E-state index contributed by atoms with van der Waals surface area (Å²) in [4.78, 5) is 0. The number of benzene rings is 1. The lowest BCUT2D eigenvalue weighted by atomic mass is 9.95. The summed E-state index contributed by atoms with van der Waals surface area (Å²) in [5, 5.41) is 3.60. The van der Waals surface area contributed by atoms with Gasteiger partial charge < -0.3 is 10.1 Å². The smallest absolute Gasteiger partial charge is 0.0469 e. The molecule has 0 saturated heterocycles. The van der Waals surface area contributed by atoms with E-state index in [-0.39, 0.29) is 0 Å². The highest BCUT2D eigenvalue weighted by Gasteiger charge is 2.10. The predicted octanol–water partition coefficient (Wildman–Crippen LogP) is 4.22. The summed E-state index contributed by atoms with van der Waals surface area (Å²) in [5.74, 6) is 1.37. The number of hydrogen-bond acceptors (Lipinski definition) is 2. The van der Waals surface area contributed by atoms with E-state index in [1.54, 1.807) is 0 Å². The van der Waals surface area contributed by atoms with Crippen LogP contribution in [0.2, 0.25) is 0 Å². The van der Waals surface area contributed by atoms with Crippen molar-refractivity contribution < 1.29 is 4.74 Å². The van der Waals surface area contributed by atoms with E-state index < -0.39 is 0 Å². The van der Waals surface area contributed by atoms with E-state index in [2.05, 4.69) is 57.3 Å². The molecule has 0 amide bonds. The van der Waals surface area contributed by atoms with Crippen LogP contribution in [0, 0.1) is 18.8 Å². The van der Waals surface area contributed by atoms with Crippen LogP contribution in [-0.4, -0.2) is 26.3 Å². The highest BCUT2D eigenvalue weighted by atomic mass is 16.5. The minimum Gasteiger partial charge on any atom is -0.381 e. The zero-order valence-corrected chi connectivity index (χ0v) is 14.3. The molecule has 0 aromatic heterocycles. The Morgan fingerprint density at radius 2 is 1.76 bits per heavy atom. The molecule has 120 valence electrons. The standard InChI is InChI=1S/C19H33NO/c1-5-11-21-12-10-19(15-20-14-16(2)3)13-18-8-6-17(4)7-9-18/h6-9,16,19-20H,5,10-15H2,1-4H3. The molecule has 2 heteroatoms. The van der Waals surface area contributed by atoms with Gasteiger partial charge in [-0.05, 0) is 56.7 Å². The van der Waals surface area contributed by atoms with E-state index in [1.807, 2.05) is 0 Å². The van der Waals surface area contributed by atoms with E-state index in [0.717, 1.165) is 45.6 Å². The average Bonchev–Trinajstić information content (AvgIpc) is 2.45. The van der Waals surface area contributed by atoms with Crippen LogP contribution in [0.3, 0.4) is 0 Å². The maximum Gasteiger partial charge on any atom is 0.0469 e. The third-order valence-electron chi connectivity index (χ3n) is 3.65. The summed E-state index contributed by atoms with van der Waals surface area (Å²) in [6.07, 6.45) is 3.38. The summed E-state index contributed by atoms with van der Waals surface area (Å²) in [6.45, 7) is 12.8. The fourth-order valence-corrected chi connectivity index (χ4v) is 2.41. The maximum absolute atomic E-state index is 5.67. The van der Waals surface area contributed by atoms with Crippen molar-refractivity contribution in [2.75, 3.05) is 26.3 Å². The monoisotopic (exact) mass is 291 g/mol. The molecule has 1 unspecified atom stereocenters. The summed E-state index contributed by atoms with van der Waals surface area (Å²) >= 11 is 0. The SMILES string of the molecule is CCCOCCC(CNCC(C)C)Cc1ccc(C)cc1. The van der Waals surface area contributed by atoms with E-state index in [0.29, 0.717) is 11.8 Å². The summed E-state index contributed by atoms with van der Waals surface area (Å²) in [6, 6.07) is 8.94. The lowest BCUT2D eigenvalue weighted by Gasteiger charge is -2.19. The van der Waals surface area contributed by atoms with Crippen molar-refractivity contribution in [1.29, 1.82) is 0 Å². The molecular weight excluding hydrogens is 258 g/mol. The molecule has 0 spiro atoms. The highest BCUT2D eigenvalue weighted by Crippen LogP contribution is 2.13. The van der Waals surface area contributed by atoms with Gasteiger partial charge in [-0.3, -0.25) is 0 Å². The zero-order valence-electron chi connectivity index (χ0n) is 14.3. The second-order valence-corrected chi connectivity index (χ2v) is 6.51. The Labute approximate surface area is 131 Å². The first-order chi connectivity index (χ1) is 10.1. The molecule has 0 heterocycles. The number of aryl methyl sites for hydroxylation is 1. The van der Waals surface area contributed by atoms with Crippen molar-refractivity contribution in [1.82, 2.24) is 5.32 Å². The second-order valence-electron chi connectivity index (χ2n) is 6.51. The van der Waals surface area contributed by atoms with Crippen molar-refractivity contribution in [2.45, 2.75) is 47.0 Å². The minimum atomic E-state index is 0.656. The van der Waals surface area contributed by atoms with Gasteiger partial charge in [0.25, 0.3) is 0 Å². The molecule has 1 atom stereocenters. The number of hydrogen-bond donors (Lipinski definition) is 1. The predicted molar refractivity (Wildman–Crippen MR) is 91.8 cm³/mol. The molecule has 1 aromatic carbocycles. The Balaban J connectivity index is 2.43. The summed E-state index contributed by atoms with van der Waals surface area (Å²) in [7, 11) is 0. The molecule has 0 aliphatic carbocycles. The van der Waals surface area contributed by atoms with Gasteiger partial charge in [0.15, 0.2) is 0 Å². The van der Waals surface area contributed by atoms with Crippen molar-refractivity contribution in [2.24, 2.45) is 11.8 Å². The molecule has 0 aliphatic rings. The molecule has 1 N–H and O–H groups in total. The zero-order chi connectivity index (χ0) is 15.5. The molecule has 0 saturated carbocycles. The Hall–Kier alpha value is -0.860. The average molecular weight is 291 g/mol. The molecule has 1 aromatic rings. The number of ether oxygens (including phenoxy) is 1. The van der Waals surface area contributed by atoms with E-state index >= 15 is 0 Å². The van der Waals surface area contributed by atoms with Crippen LogP contribution in [0.5, 0.6) is 0 Å². The highest BCUT2D eigenvalue weighted by molar-refractivity contribution is 5.21. The van der Waals surface area contributed by atoms with Gasteiger partial charge in [-0.2, -0.15) is 0 Å². The van der Waals surface area contributed by atoms with Crippen molar-refractivity contribution >= 4 is 0 Å². The lowest BCUT2D eigenvalue weighted by molar-refractivity contribution is 0.120. The third-order valence-corrected chi connectivity index (χ3v) is 3.65.